The average Bonchev–Trinajstić information content (AvgIpc) is 3.42. The third-order valence-electron chi connectivity index (χ3n) is 7.23. The summed E-state index contributed by atoms with van der Waals surface area (Å²) in [4.78, 5) is 28.5. The highest BCUT2D eigenvalue weighted by Gasteiger charge is 2.69. The number of ether oxygens (including phenoxy) is 2. The number of methoxy groups -OCH3 is 2. The van der Waals surface area contributed by atoms with E-state index in [1.807, 2.05) is 19.1 Å². The Balaban J connectivity index is 1.57. The molecule has 2 aromatic rings. The molecule has 0 aromatic heterocycles. The molecule has 3 heterocycles. The van der Waals surface area contributed by atoms with E-state index in [1.165, 1.54) is 4.90 Å². The molecule has 7 heteroatoms. The van der Waals surface area contributed by atoms with E-state index in [9.17, 15) is 9.59 Å². The first-order valence-corrected chi connectivity index (χ1v) is 10.8. The molecule has 0 bridgehead atoms. The van der Waals surface area contributed by atoms with Gasteiger partial charge in [-0.2, -0.15) is 0 Å². The van der Waals surface area contributed by atoms with Crippen LogP contribution in [0.4, 0.5) is 11.4 Å². The number of nitrogens with one attached hydrogen (secondary N) is 3. The minimum absolute atomic E-state index is 0.0646. The molecular formula is C24H28N3O4+. The Morgan fingerprint density at radius 3 is 2.81 bits per heavy atom. The number of anilines is 2. The average molecular weight is 423 g/mol. The molecule has 162 valence electrons. The number of hydrogen-bond donors (Lipinski definition) is 3. The molecule has 0 saturated carbocycles. The third-order valence-corrected chi connectivity index (χ3v) is 7.23. The number of fused-ring (bicyclic) bond motifs is 4. The van der Waals surface area contributed by atoms with Gasteiger partial charge in [0.1, 0.15) is 17.4 Å². The van der Waals surface area contributed by atoms with Gasteiger partial charge in [0.15, 0.2) is 0 Å². The van der Waals surface area contributed by atoms with Crippen molar-refractivity contribution in [1.82, 2.24) is 0 Å². The largest absolute Gasteiger partial charge is 0.497 e. The molecule has 4 atom stereocenters. The smallest absolute Gasteiger partial charge is 0.291 e. The summed E-state index contributed by atoms with van der Waals surface area (Å²) in [5.41, 5.74) is 2.53. The number of carbonyl (C=O) groups is 2. The number of carbonyl (C=O) groups excluding carboxylic acids is 2. The Labute approximate surface area is 181 Å². The molecule has 0 radical (unpaired) electrons. The Morgan fingerprint density at radius 1 is 1.19 bits per heavy atom. The molecule has 5 rings (SSSR count). The van der Waals surface area contributed by atoms with Crippen LogP contribution < -0.4 is 25.0 Å². The number of quaternary nitrogens is 1. The number of hydrogen-bond acceptors (Lipinski definition) is 4. The SMILES string of the molecule is COc1ccc(OC)c(NC(=O)[C@H]2C[C@@H]3CCC[NH+]3[C@]23C(=O)Nc2ccc(C)cc23)c1. The lowest BCUT2D eigenvalue weighted by atomic mass is 9.78. The van der Waals surface area contributed by atoms with E-state index >= 15 is 0 Å². The highest BCUT2D eigenvalue weighted by atomic mass is 16.5. The summed E-state index contributed by atoms with van der Waals surface area (Å²) in [5.74, 6) is 0.499. The third kappa shape index (κ3) is 2.83. The van der Waals surface area contributed by atoms with Gasteiger partial charge in [0.25, 0.3) is 5.91 Å². The molecule has 3 N–H and O–H groups in total. The van der Waals surface area contributed by atoms with Crippen molar-refractivity contribution in [1.29, 1.82) is 0 Å². The van der Waals surface area contributed by atoms with Crippen LogP contribution in [0.5, 0.6) is 11.5 Å². The first kappa shape index (κ1) is 19.9. The zero-order valence-electron chi connectivity index (χ0n) is 18.1. The lowest BCUT2D eigenvalue weighted by molar-refractivity contribution is -0.947. The second-order valence-electron chi connectivity index (χ2n) is 8.77. The van der Waals surface area contributed by atoms with Crippen LogP contribution in [-0.4, -0.2) is 38.6 Å². The van der Waals surface area contributed by atoms with Gasteiger partial charge < -0.3 is 25.0 Å². The first-order valence-electron chi connectivity index (χ1n) is 10.8. The summed E-state index contributed by atoms with van der Waals surface area (Å²) in [5, 5.41) is 6.12. The lowest BCUT2D eigenvalue weighted by Gasteiger charge is -2.33. The maximum absolute atomic E-state index is 13.7. The molecule has 3 aliphatic heterocycles. The van der Waals surface area contributed by atoms with Crippen molar-refractivity contribution in [3.8, 4) is 11.5 Å². The summed E-state index contributed by atoms with van der Waals surface area (Å²) < 4.78 is 10.8. The number of rotatable bonds is 4. The van der Waals surface area contributed by atoms with Crippen LogP contribution in [0.3, 0.4) is 0 Å². The predicted molar refractivity (Wildman–Crippen MR) is 117 cm³/mol. The molecular weight excluding hydrogens is 394 g/mol. The molecule has 1 spiro atoms. The summed E-state index contributed by atoms with van der Waals surface area (Å²) >= 11 is 0. The van der Waals surface area contributed by atoms with Gasteiger partial charge in [-0.1, -0.05) is 11.6 Å². The number of benzene rings is 2. The zero-order chi connectivity index (χ0) is 21.8. The summed E-state index contributed by atoms with van der Waals surface area (Å²) in [7, 11) is 3.15. The van der Waals surface area contributed by atoms with Gasteiger partial charge in [-0.15, -0.1) is 0 Å². The predicted octanol–water partition coefficient (Wildman–Crippen LogP) is 1.87. The van der Waals surface area contributed by atoms with Gasteiger partial charge in [0.05, 0.1) is 38.2 Å². The van der Waals surface area contributed by atoms with Crippen LogP contribution in [0.1, 0.15) is 30.4 Å². The van der Waals surface area contributed by atoms with Crippen molar-refractivity contribution in [3.63, 3.8) is 0 Å². The van der Waals surface area contributed by atoms with Crippen LogP contribution in [0.2, 0.25) is 0 Å². The van der Waals surface area contributed by atoms with E-state index in [0.717, 1.165) is 36.2 Å². The maximum Gasteiger partial charge on any atom is 0.291 e. The quantitative estimate of drug-likeness (QED) is 0.703. The van der Waals surface area contributed by atoms with Crippen molar-refractivity contribution >= 4 is 23.2 Å². The van der Waals surface area contributed by atoms with Crippen LogP contribution >= 0.6 is 0 Å². The highest BCUT2D eigenvalue weighted by Crippen LogP contribution is 2.46. The van der Waals surface area contributed by atoms with E-state index in [1.54, 1.807) is 32.4 Å². The van der Waals surface area contributed by atoms with Gasteiger partial charge in [0, 0.05) is 30.9 Å². The lowest BCUT2D eigenvalue weighted by Crippen LogP contribution is -3.19. The van der Waals surface area contributed by atoms with Crippen molar-refractivity contribution in [3.05, 3.63) is 47.5 Å². The van der Waals surface area contributed by atoms with Crippen LogP contribution in [0, 0.1) is 12.8 Å². The summed E-state index contributed by atoms with van der Waals surface area (Å²) in [6.07, 6.45) is 2.81. The van der Waals surface area contributed by atoms with E-state index in [4.69, 9.17) is 9.47 Å². The monoisotopic (exact) mass is 422 g/mol. The Bertz CT molecular complexity index is 1070. The molecule has 2 aromatic carbocycles. The Hall–Kier alpha value is -3.06. The standard InChI is InChI=1S/C24H27N3O4/c1-14-6-8-19-17(11-14)24(23(29)26-19)18(12-15-5-4-10-27(15)24)22(28)25-20-13-16(30-2)7-9-21(20)31-3/h6-9,11,13,15,18H,4-5,10,12H2,1-3H3,(H,25,28)(H,26,29)/p+1/t15-,18+,24-/m0/s1. The zero-order valence-corrected chi connectivity index (χ0v) is 18.1. The van der Waals surface area contributed by atoms with Gasteiger partial charge in [-0.25, -0.2) is 0 Å². The van der Waals surface area contributed by atoms with Crippen LogP contribution in [0.25, 0.3) is 0 Å². The highest BCUT2D eigenvalue weighted by molar-refractivity contribution is 6.09. The van der Waals surface area contributed by atoms with Gasteiger partial charge >= 0.3 is 0 Å². The van der Waals surface area contributed by atoms with E-state index in [0.29, 0.717) is 29.6 Å². The van der Waals surface area contributed by atoms with Crippen LogP contribution in [-0.2, 0) is 15.1 Å². The molecule has 3 aliphatic rings. The van der Waals surface area contributed by atoms with Gasteiger partial charge in [-0.05, 0) is 31.2 Å². The molecule has 2 saturated heterocycles. The molecule has 2 fully saturated rings. The molecule has 0 aliphatic carbocycles. The van der Waals surface area contributed by atoms with E-state index < -0.39 is 11.5 Å². The fourth-order valence-corrected chi connectivity index (χ4v) is 5.92. The maximum atomic E-state index is 13.7. The van der Waals surface area contributed by atoms with Gasteiger partial charge in [-0.3, -0.25) is 9.59 Å². The number of amides is 2. The minimum atomic E-state index is -0.890. The molecule has 31 heavy (non-hydrogen) atoms. The fraction of sp³-hybridized carbons (Fsp3) is 0.417. The van der Waals surface area contributed by atoms with Crippen molar-refractivity contribution < 1.29 is 24.0 Å². The second-order valence-corrected chi connectivity index (χ2v) is 8.77. The molecule has 7 nitrogen and oxygen atoms in total. The van der Waals surface area contributed by atoms with Crippen molar-refractivity contribution in [2.75, 3.05) is 31.4 Å². The normalized spacial score (nSPS) is 28.2. The van der Waals surface area contributed by atoms with Crippen LogP contribution in [0.15, 0.2) is 36.4 Å². The van der Waals surface area contributed by atoms with E-state index in [2.05, 4.69) is 16.7 Å². The second kappa shape index (κ2) is 7.27. The molecule has 1 unspecified atom stereocenters. The minimum Gasteiger partial charge on any atom is -0.497 e. The van der Waals surface area contributed by atoms with E-state index in [-0.39, 0.29) is 11.8 Å². The Morgan fingerprint density at radius 2 is 2.03 bits per heavy atom. The Kier molecular flexibility index (Phi) is 4.66. The first-order chi connectivity index (χ1) is 15.0. The number of aryl methyl sites for hydroxylation is 1. The fourth-order valence-electron chi connectivity index (χ4n) is 5.92. The summed E-state index contributed by atoms with van der Waals surface area (Å²) in [6, 6.07) is 11.6. The van der Waals surface area contributed by atoms with Crippen molar-refractivity contribution in [2.24, 2.45) is 5.92 Å². The topological polar surface area (TPSA) is 81.1 Å². The van der Waals surface area contributed by atoms with Gasteiger partial charge in [0.2, 0.25) is 11.4 Å². The molecule has 2 amide bonds. The summed E-state index contributed by atoms with van der Waals surface area (Å²) in [6.45, 7) is 2.93. The van der Waals surface area contributed by atoms with Crippen molar-refractivity contribution in [2.45, 2.75) is 37.8 Å².